The van der Waals surface area contributed by atoms with E-state index < -0.39 is 9.84 Å². The molecule has 2 aromatic carbocycles. The molecule has 30 heavy (non-hydrogen) atoms. The lowest BCUT2D eigenvalue weighted by atomic mass is 10.0. The Balaban J connectivity index is 1.50. The third-order valence-corrected chi connectivity index (χ3v) is 7.60. The van der Waals surface area contributed by atoms with Crippen molar-refractivity contribution in [3.05, 3.63) is 70.8 Å². The fourth-order valence-corrected chi connectivity index (χ4v) is 6.01. The van der Waals surface area contributed by atoms with Gasteiger partial charge in [-0.2, -0.15) is 0 Å². The maximum atomic E-state index is 13.1. The summed E-state index contributed by atoms with van der Waals surface area (Å²) in [6, 6.07) is 15.4. The highest BCUT2D eigenvalue weighted by Gasteiger charge is 2.29. The van der Waals surface area contributed by atoms with Crippen LogP contribution in [0, 0.1) is 0 Å². The van der Waals surface area contributed by atoms with E-state index in [0.29, 0.717) is 13.1 Å². The van der Waals surface area contributed by atoms with Gasteiger partial charge in [0.1, 0.15) is 0 Å². The molecule has 160 valence electrons. The first kappa shape index (κ1) is 21.0. The third kappa shape index (κ3) is 4.74. The molecule has 2 aliphatic rings. The van der Waals surface area contributed by atoms with E-state index in [1.54, 1.807) is 4.90 Å². The Morgan fingerprint density at radius 3 is 2.60 bits per heavy atom. The standard InChI is InChI=1S/C23H28N2O4S/c1-24(22(18-5-3-2-4-6-18)14-25-10-9-21(26)13-25)23(27)12-17-7-8-19-15-30(28,29)16-20(19)11-17/h2-8,11,21-22,26H,9-10,12-16H2,1H3/t21-,22+/m0/s1. The van der Waals surface area contributed by atoms with Gasteiger partial charge >= 0.3 is 0 Å². The summed E-state index contributed by atoms with van der Waals surface area (Å²) >= 11 is 0. The number of carbonyl (C=O) groups is 1. The summed E-state index contributed by atoms with van der Waals surface area (Å²) in [5.74, 6) is 0.141. The molecule has 0 unspecified atom stereocenters. The first-order chi connectivity index (χ1) is 14.3. The van der Waals surface area contributed by atoms with Crippen LogP contribution in [0.5, 0.6) is 0 Å². The van der Waals surface area contributed by atoms with E-state index in [4.69, 9.17) is 0 Å². The number of likely N-dealkylation sites (tertiary alicyclic amines) is 1. The van der Waals surface area contributed by atoms with Crippen molar-refractivity contribution in [2.24, 2.45) is 0 Å². The number of hydrogen-bond donors (Lipinski definition) is 1. The Morgan fingerprint density at radius 2 is 1.90 bits per heavy atom. The van der Waals surface area contributed by atoms with E-state index in [2.05, 4.69) is 4.90 Å². The topological polar surface area (TPSA) is 77.9 Å². The number of β-amino-alcohol motifs (C(OH)–C–C–N with tert-alkyl or cyclic N) is 1. The molecule has 2 aromatic rings. The molecule has 1 fully saturated rings. The Morgan fingerprint density at radius 1 is 1.17 bits per heavy atom. The van der Waals surface area contributed by atoms with Gasteiger partial charge in [0.15, 0.2) is 9.84 Å². The molecule has 0 aliphatic carbocycles. The van der Waals surface area contributed by atoms with Gasteiger partial charge in [-0.3, -0.25) is 9.69 Å². The minimum absolute atomic E-state index is 0.00981. The van der Waals surface area contributed by atoms with Crippen LogP contribution in [0.2, 0.25) is 0 Å². The predicted molar refractivity (Wildman–Crippen MR) is 115 cm³/mol. The van der Waals surface area contributed by atoms with E-state index >= 15 is 0 Å². The Hall–Kier alpha value is -2.22. The van der Waals surface area contributed by atoms with Gasteiger partial charge in [0.05, 0.1) is 30.1 Å². The largest absolute Gasteiger partial charge is 0.392 e. The molecule has 2 heterocycles. The van der Waals surface area contributed by atoms with Crippen molar-refractivity contribution in [2.75, 3.05) is 26.7 Å². The number of rotatable bonds is 6. The first-order valence-electron chi connectivity index (χ1n) is 10.3. The number of sulfone groups is 1. The van der Waals surface area contributed by atoms with Crippen LogP contribution in [0.1, 0.15) is 34.7 Å². The maximum absolute atomic E-state index is 13.1. The summed E-state index contributed by atoms with van der Waals surface area (Å²) in [6.07, 6.45) is 0.692. The van der Waals surface area contributed by atoms with Gasteiger partial charge in [0.25, 0.3) is 0 Å². The average Bonchev–Trinajstić information content (AvgIpc) is 3.26. The van der Waals surface area contributed by atoms with E-state index in [1.807, 2.05) is 55.6 Å². The number of benzene rings is 2. The van der Waals surface area contributed by atoms with Gasteiger partial charge in [0.2, 0.25) is 5.91 Å². The Bertz CT molecular complexity index is 1020. The van der Waals surface area contributed by atoms with Crippen LogP contribution in [0.4, 0.5) is 0 Å². The van der Waals surface area contributed by atoms with E-state index in [-0.39, 0.29) is 36.0 Å². The van der Waals surface area contributed by atoms with Crippen molar-refractivity contribution in [3.8, 4) is 0 Å². The molecule has 0 bridgehead atoms. The van der Waals surface area contributed by atoms with Crippen molar-refractivity contribution in [3.63, 3.8) is 0 Å². The van der Waals surface area contributed by atoms with Crippen molar-refractivity contribution < 1.29 is 18.3 Å². The van der Waals surface area contributed by atoms with Crippen LogP contribution < -0.4 is 0 Å². The summed E-state index contributed by atoms with van der Waals surface area (Å²) in [5.41, 5.74) is 3.56. The van der Waals surface area contributed by atoms with Gasteiger partial charge in [0, 0.05) is 26.7 Å². The zero-order valence-electron chi connectivity index (χ0n) is 17.2. The van der Waals surface area contributed by atoms with E-state index in [1.165, 1.54) is 0 Å². The van der Waals surface area contributed by atoms with Crippen molar-refractivity contribution in [1.29, 1.82) is 0 Å². The summed E-state index contributed by atoms with van der Waals surface area (Å²) < 4.78 is 23.7. The fourth-order valence-electron chi connectivity index (χ4n) is 4.41. The van der Waals surface area contributed by atoms with Gasteiger partial charge in [-0.25, -0.2) is 8.42 Å². The number of fused-ring (bicyclic) bond motifs is 1. The average molecular weight is 429 g/mol. The second-order valence-electron chi connectivity index (χ2n) is 8.45. The van der Waals surface area contributed by atoms with Crippen LogP contribution in [0.25, 0.3) is 0 Å². The Kier molecular flexibility index (Phi) is 5.95. The number of amides is 1. The van der Waals surface area contributed by atoms with Crippen molar-refractivity contribution in [2.45, 2.75) is 36.5 Å². The van der Waals surface area contributed by atoms with Crippen LogP contribution >= 0.6 is 0 Å². The number of carbonyl (C=O) groups excluding carboxylic acids is 1. The van der Waals surface area contributed by atoms with Crippen LogP contribution in [0.15, 0.2) is 48.5 Å². The molecule has 1 saturated heterocycles. The van der Waals surface area contributed by atoms with Crippen LogP contribution in [-0.4, -0.2) is 62.0 Å². The molecule has 6 nitrogen and oxygen atoms in total. The molecule has 0 radical (unpaired) electrons. The summed E-state index contributed by atoms with van der Waals surface area (Å²) in [7, 11) is -1.23. The van der Waals surface area contributed by atoms with Gasteiger partial charge < -0.3 is 10.0 Å². The molecular formula is C23H28N2O4S. The highest BCUT2D eigenvalue weighted by molar-refractivity contribution is 7.90. The zero-order valence-corrected chi connectivity index (χ0v) is 18.0. The van der Waals surface area contributed by atoms with Gasteiger partial charge in [-0.1, -0.05) is 48.5 Å². The number of nitrogens with zero attached hydrogens (tertiary/aromatic N) is 2. The highest BCUT2D eigenvalue weighted by Crippen LogP contribution is 2.27. The minimum Gasteiger partial charge on any atom is -0.392 e. The van der Waals surface area contributed by atoms with Crippen LogP contribution in [0.3, 0.4) is 0 Å². The number of likely N-dealkylation sites (N-methyl/N-ethyl adjacent to an activating group) is 1. The predicted octanol–water partition coefficient (Wildman–Crippen LogP) is 1.92. The van der Waals surface area contributed by atoms with E-state index in [9.17, 15) is 18.3 Å². The second-order valence-corrected chi connectivity index (χ2v) is 10.5. The van der Waals surface area contributed by atoms with Crippen molar-refractivity contribution >= 4 is 15.7 Å². The first-order valence-corrected chi connectivity index (χ1v) is 12.1. The smallest absolute Gasteiger partial charge is 0.227 e. The van der Waals surface area contributed by atoms with Gasteiger partial charge in [-0.15, -0.1) is 0 Å². The molecule has 7 heteroatoms. The van der Waals surface area contributed by atoms with Crippen molar-refractivity contribution in [1.82, 2.24) is 9.80 Å². The lowest BCUT2D eigenvalue weighted by Crippen LogP contribution is -2.39. The molecule has 4 rings (SSSR count). The second kappa shape index (κ2) is 8.49. The molecule has 1 amide bonds. The fraction of sp³-hybridized carbons (Fsp3) is 0.435. The number of hydrogen-bond acceptors (Lipinski definition) is 5. The normalized spacial score (nSPS) is 21.3. The number of aliphatic hydroxyl groups is 1. The lowest BCUT2D eigenvalue weighted by Gasteiger charge is -2.32. The van der Waals surface area contributed by atoms with Crippen LogP contribution in [-0.2, 0) is 32.6 Å². The summed E-state index contributed by atoms with van der Waals surface area (Å²) in [6.45, 7) is 2.13. The maximum Gasteiger partial charge on any atom is 0.227 e. The number of aliphatic hydroxyl groups excluding tert-OH is 1. The van der Waals surface area contributed by atoms with E-state index in [0.717, 1.165) is 35.2 Å². The lowest BCUT2D eigenvalue weighted by molar-refractivity contribution is -0.131. The summed E-state index contributed by atoms with van der Waals surface area (Å²) in [4.78, 5) is 17.1. The van der Waals surface area contributed by atoms with Gasteiger partial charge in [-0.05, 0) is 28.7 Å². The molecule has 0 aromatic heterocycles. The minimum atomic E-state index is -3.06. The molecule has 1 N–H and O–H groups in total. The Labute approximate surface area is 178 Å². The molecule has 2 aliphatic heterocycles. The molecule has 2 atom stereocenters. The molecule has 0 spiro atoms. The summed E-state index contributed by atoms with van der Waals surface area (Å²) in [5, 5.41) is 9.87. The SMILES string of the molecule is CN(C(=O)Cc1ccc2c(c1)CS(=O)(=O)C2)[C@H](CN1CC[C@H](O)C1)c1ccccc1. The third-order valence-electron chi connectivity index (χ3n) is 6.10. The monoisotopic (exact) mass is 428 g/mol. The zero-order chi connectivity index (χ0) is 21.3. The molecular weight excluding hydrogens is 400 g/mol. The highest BCUT2D eigenvalue weighted by atomic mass is 32.2. The molecule has 0 saturated carbocycles. The quantitative estimate of drug-likeness (QED) is 0.761.